The smallest absolute Gasteiger partial charge is 0.338 e. The highest BCUT2D eigenvalue weighted by Gasteiger charge is 2.13. The second-order valence-electron chi connectivity index (χ2n) is 3.17. The predicted molar refractivity (Wildman–Crippen MR) is 63.4 cm³/mol. The maximum Gasteiger partial charge on any atom is 0.338 e. The molecule has 5 heteroatoms. The molecule has 1 aromatic carbocycles. The molecular weight excluding hydrogens is 244 g/mol. The van der Waals surface area contributed by atoms with Gasteiger partial charge in [-0.2, -0.15) is 0 Å². The van der Waals surface area contributed by atoms with Gasteiger partial charge in [0.2, 0.25) is 0 Å². The second kappa shape index (κ2) is 6.25. The van der Waals surface area contributed by atoms with Crippen molar-refractivity contribution in [2.75, 3.05) is 13.2 Å². The molecule has 0 aliphatic carbocycles. The SMILES string of the molecule is CCOC(=O)c1cc(Cl)cc(C(=O)OCC)c1. The molecule has 0 fully saturated rings. The van der Waals surface area contributed by atoms with E-state index < -0.39 is 11.9 Å². The van der Waals surface area contributed by atoms with Crippen molar-refractivity contribution in [1.29, 1.82) is 0 Å². The van der Waals surface area contributed by atoms with Crippen molar-refractivity contribution in [3.63, 3.8) is 0 Å². The van der Waals surface area contributed by atoms with Crippen LogP contribution in [0.3, 0.4) is 0 Å². The fourth-order valence-corrected chi connectivity index (χ4v) is 1.49. The molecule has 0 aliphatic heterocycles. The minimum Gasteiger partial charge on any atom is -0.462 e. The minimum absolute atomic E-state index is 0.238. The number of esters is 2. The highest BCUT2D eigenvalue weighted by Crippen LogP contribution is 2.17. The number of carbonyl (C=O) groups is 2. The van der Waals surface area contributed by atoms with Crippen LogP contribution in [0.5, 0.6) is 0 Å². The molecular formula is C12H13ClO4. The standard InChI is InChI=1S/C12H13ClO4/c1-3-16-11(14)8-5-9(7-10(13)6-8)12(15)17-4-2/h5-7H,3-4H2,1-2H3. The van der Waals surface area contributed by atoms with E-state index in [1.165, 1.54) is 18.2 Å². The summed E-state index contributed by atoms with van der Waals surface area (Å²) in [5.74, 6) is -1.03. The van der Waals surface area contributed by atoms with Crippen molar-refractivity contribution in [3.05, 3.63) is 34.3 Å². The maximum atomic E-state index is 11.5. The Morgan fingerprint density at radius 3 is 1.76 bits per heavy atom. The normalized spacial score (nSPS) is 9.82. The van der Waals surface area contributed by atoms with Crippen molar-refractivity contribution >= 4 is 23.5 Å². The first-order valence-electron chi connectivity index (χ1n) is 5.23. The third kappa shape index (κ3) is 3.75. The van der Waals surface area contributed by atoms with Crippen LogP contribution in [0.1, 0.15) is 34.6 Å². The average Bonchev–Trinajstić information content (AvgIpc) is 2.29. The first-order valence-corrected chi connectivity index (χ1v) is 5.61. The van der Waals surface area contributed by atoms with E-state index in [-0.39, 0.29) is 24.3 Å². The van der Waals surface area contributed by atoms with Crippen LogP contribution >= 0.6 is 11.6 Å². The van der Waals surface area contributed by atoms with E-state index in [2.05, 4.69) is 0 Å². The maximum absolute atomic E-state index is 11.5. The van der Waals surface area contributed by atoms with Gasteiger partial charge in [-0.25, -0.2) is 9.59 Å². The topological polar surface area (TPSA) is 52.6 Å². The fourth-order valence-electron chi connectivity index (χ4n) is 1.25. The molecule has 1 rings (SSSR count). The van der Waals surface area contributed by atoms with Gasteiger partial charge in [0.1, 0.15) is 0 Å². The molecule has 0 saturated carbocycles. The van der Waals surface area contributed by atoms with Gasteiger partial charge < -0.3 is 9.47 Å². The molecule has 0 bridgehead atoms. The number of ether oxygens (including phenoxy) is 2. The van der Waals surface area contributed by atoms with Crippen LogP contribution < -0.4 is 0 Å². The van der Waals surface area contributed by atoms with Gasteiger partial charge in [-0.15, -0.1) is 0 Å². The summed E-state index contributed by atoms with van der Waals surface area (Å²) in [7, 11) is 0. The number of rotatable bonds is 4. The van der Waals surface area contributed by atoms with Crippen molar-refractivity contribution in [1.82, 2.24) is 0 Å². The number of hydrogen-bond donors (Lipinski definition) is 0. The third-order valence-corrected chi connectivity index (χ3v) is 2.14. The van der Waals surface area contributed by atoms with Crippen LogP contribution in [-0.4, -0.2) is 25.2 Å². The molecule has 0 heterocycles. The molecule has 4 nitrogen and oxygen atoms in total. The van der Waals surface area contributed by atoms with Gasteiger partial charge in [0.25, 0.3) is 0 Å². The van der Waals surface area contributed by atoms with Crippen LogP contribution in [0.4, 0.5) is 0 Å². The fraction of sp³-hybridized carbons (Fsp3) is 0.333. The molecule has 1 aromatic rings. The molecule has 0 radical (unpaired) electrons. The zero-order valence-electron chi connectivity index (χ0n) is 9.66. The minimum atomic E-state index is -0.513. The summed E-state index contributed by atoms with van der Waals surface area (Å²) in [5, 5.41) is 0.290. The Kier molecular flexibility index (Phi) is 4.97. The Bertz CT molecular complexity index is 392. The summed E-state index contributed by atoms with van der Waals surface area (Å²) in [4.78, 5) is 23.0. The number of hydrogen-bond acceptors (Lipinski definition) is 4. The lowest BCUT2D eigenvalue weighted by molar-refractivity contribution is 0.0525. The van der Waals surface area contributed by atoms with E-state index in [0.29, 0.717) is 5.02 Å². The summed E-state index contributed by atoms with van der Waals surface area (Å²) in [6.07, 6.45) is 0. The lowest BCUT2D eigenvalue weighted by atomic mass is 10.1. The molecule has 0 amide bonds. The summed E-state index contributed by atoms with van der Waals surface area (Å²) < 4.78 is 9.66. The Labute approximate surface area is 104 Å². The summed E-state index contributed by atoms with van der Waals surface area (Å²) in [5.41, 5.74) is 0.477. The van der Waals surface area contributed by atoms with Crippen molar-refractivity contribution in [3.8, 4) is 0 Å². The summed E-state index contributed by atoms with van der Waals surface area (Å²) >= 11 is 5.82. The van der Waals surface area contributed by atoms with E-state index in [1.54, 1.807) is 13.8 Å². The van der Waals surface area contributed by atoms with Crippen molar-refractivity contribution in [2.24, 2.45) is 0 Å². The van der Waals surface area contributed by atoms with E-state index >= 15 is 0 Å². The van der Waals surface area contributed by atoms with Gasteiger partial charge >= 0.3 is 11.9 Å². The Morgan fingerprint density at radius 1 is 1.00 bits per heavy atom. The lowest BCUT2D eigenvalue weighted by Gasteiger charge is -2.06. The van der Waals surface area contributed by atoms with Gasteiger partial charge in [0.15, 0.2) is 0 Å². The van der Waals surface area contributed by atoms with Crippen LogP contribution in [0.2, 0.25) is 5.02 Å². The van der Waals surface area contributed by atoms with E-state index in [9.17, 15) is 9.59 Å². The Balaban J connectivity index is 3.01. The molecule has 0 saturated heterocycles. The summed E-state index contributed by atoms with van der Waals surface area (Å²) in [6.45, 7) is 3.93. The molecule has 92 valence electrons. The number of halogens is 1. The van der Waals surface area contributed by atoms with E-state index in [0.717, 1.165) is 0 Å². The van der Waals surface area contributed by atoms with Gasteiger partial charge in [-0.3, -0.25) is 0 Å². The monoisotopic (exact) mass is 256 g/mol. The van der Waals surface area contributed by atoms with Crippen LogP contribution in [-0.2, 0) is 9.47 Å². The molecule has 0 aromatic heterocycles. The molecule has 0 unspecified atom stereocenters. The Morgan fingerprint density at radius 2 is 1.41 bits per heavy atom. The first-order chi connectivity index (χ1) is 8.08. The van der Waals surface area contributed by atoms with Crippen LogP contribution in [0, 0.1) is 0 Å². The highest BCUT2D eigenvalue weighted by atomic mass is 35.5. The zero-order chi connectivity index (χ0) is 12.8. The molecule has 17 heavy (non-hydrogen) atoms. The van der Waals surface area contributed by atoms with Crippen molar-refractivity contribution in [2.45, 2.75) is 13.8 Å². The number of benzene rings is 1. The zero-order valence-corrected chi connectivity index (χ0v) is 10.4. The largest absolute Gasteiger partial charge is 0.462 e. The average molecular weight is 257 g/mol. The first kappa shape index (κ1) is 13.5. The van der Waals surface area contributed by atoms with Gasteiger partial charge in [-0.1, -0.05) is 11.6 Å². The quantitative estimate of drug-likeness (QED) is 0.777. The van der Waals surface area contributed by atoms with Gasteiger partial charge in [-0.05, 0) is 32.0 Å². The second-order valence-corrected chi connectivity index (χ2v) is 3.61. The highest BCUT2D eigenvalue weighted by molar-refractivity contribution is 6.31. The predicted octanol–water partition coefficient (Wildman–Crippen LogP) is 2.69. The number of carbonyl (C=O) groups excluding carboxylic acids is 2. The lowest BCUT2D eigenvalue weighted by Crippen LogP contribution is -2.09. The van der Waals surface area contributed by atoms with Crippen LogP contribution in [0.15, 0.2) is 18.2 Å². The summed E-state index contributed by atoms with van der Waals surface area (Å²) in [6, 6.07) is 4.30. The van der Waals surface area contributed by atoms with Crippen molar-refractivity contribution < 1.29 is 19.1 Å². The Hall–Kier alpha value is -1.55. The van der Waals surface area contributed by atoms with Crippen LogP contribution in [0.25, 0.3) is 0 Å². The molecule has 0 spiro atoms. The molecule has 0 atom stereocenters. The van der Waals surface area contributed by atoms with Gasteiger partial charge in [0.05, 0.1) is 24.3 Å². The molecule has 0 aliphatic rings. The van der Waals surface area contributed by atoms with Gasteiger partial charge in [0, 0.05) is 5.02 Å². The third-order valence-electron chi connectivity index (χ3n) is 1.92. The van der Waals surface area contributed by atoms with E-state index in [4.69, 9.17) is 21.1 Å². The van der Waals surface area contributed by atoms with E-state index in [1.807, 2.05) is 0 Å². The molecule has 0 N–H and O–H groups in total.